The number of allylic oxidation sites excluding steroid dienone is 4. The highest BCUT2D eigenvalue weighted by Crippen LogP contribution is 2.29. The van der Waals surface area contributed by atoms with Gasteiger partial charge in [-0.1, -0.05) is 24.3 Å². The molecule has 136 valence electrons. The van der Waals surface area contributed by atoms with Gasteiger partial charge in [0.25, 0.3) is 0 Å². The first-order valence-electron chi connectivity index (χ1n) is 7.85. The molecule has 1 rings (SSSR count). The van der Waals surface area contributed by atoms with Gasteiger partial charge in [-0.3, -0.25) is 9.69 Å². The fourth-order valence-electron chi connectivity index (χ4n) is 2.71. The summed E-state index contributed by atoms with van der Waals surface area (Å²) in [5.74, 6) is -0.289. The number of nitrogens with zero attached hydrogens (tertiary/aromatic N) is 1. The summed E-state index contributed by atoms with van der Waals surface area (Å²) in [5.41, 5.74) is 0.271. The monoisotopic (exact) mass is 364 g/mol. The maximum absolute atomic E-state index is 12.9. The van der Waals surface area contributed by atoms with Crippen LogP contribution in [0.15, 0.2) is 34.9 Å². The van der Waals surface area contributed by atoms with E-state index in [2.05, 4.69) is 11.9 Å². The van der Waals surface area contributed by atoms with Crippen molar-refractivity contribution in [2.45, 2.75) is 38.4 Å². The zero-order chi connectivity index (χ0) is 18.3. The van der Waals surface area contributed by atoms with Crippen molar-refractivity contribution in [2.75, 3.05) is 26.7 Å². The Hall–Kier alpha value is -1.11. The van der Waals surface area contributed by atoms with Crippen molar-refractivity contribution in [1.82, 2.24) is 10.2 Å². The second-order valence-electron chi connectivity index (χ2n) is 5.97. The molecule has 0 spiro atoms. The van der Waals surface area contributed by atoms with Gasteiger partial charge in [-0.25, -0.2) is 0 Å². The van der Waals surface area contributed by atoms with Crippen LogP contribution in [0.25, 0.3) is 0 Å². The third-order valence-electron chi connectivity index (χ3n) is 3.99. The molecule has 0 radical (unpaired) electrons. The average molecular weight is 365 g/mol. The largest absolute Gasteiger partial charge is 0.392 e. The molecule has 1 heterocycles. The molecule has 0 aromatic carbocycles. The van der Waals surface area contributed by atoms with E-state index in [0.717, 1.165) is 19.4 Å². The van der Waals surface area contributed by atoms with E-state index in [0.29, 0.717) is 6.54 Å². The van der Waals surface area contributed by atoms with Gasteiger partial charge in [0.1, 0.15) is 0 Å². The van der Waals surface area contributed by atoms with Crippen molar-refractivity contribution in [2.24, 2.45) is 0 Å². The summed E-state index contributed by atoms with van der Waals surface area (Å²) < 4.78 is 38.7. The highest BCUT2D eigenvalue weighted by molar-refractivity contribution is 6.32. The molecule has 1 aliphatic heterocycles. The predicted molar refractivity (Wildman–Crippen MR) is 91.0 cm³/mol. The number of ketones is 1. The van der Waals surface area contributed by atoms with Gasteiger partial charge in [0, 0.05) is 29.7 Å². The highest BCUT2D eigenvalue weighted by Gasteiger charge is 2.31. The van der Waals surface area contributed by atoms with Gasteiger partial charge in [-0.05, 0) is 45.0 Å². The lowest BCUT2D eigenvalue weighted by atomic mass is 10.0. The summed E-state index contributed by atoms with van der Waals surface area (Å²) in [4.78, 5) is 13.4. The Labute approximate surface area is 146 Å². The van der Waals surface area contributed by atoms with Crippen LogP contribution in [0.2, 0.25) is 0 Å². The van der Waals surface area contributed by atoms with Gasteiger partial charge in [0.05, 0.1) is 6.42 Å². The number of nitrogens with one attached hydrogen (secondary N) is 1. The molecule has 0 bridgehead atoms. The molecule has 0 amide bonds. The molecule has 1 fully saturated rings. The number of likely N-dealkylation sites (N-methyl/N-ethyl adjacent to an activating group) is 1. The number of hydrogen-bond donors (Lipinski definition) is 1. The predicted octanol–water partition coefficient (Wildman–Crippen LogP) is 3.82. The SMILES string of the molecule is C=C/C(=C\C(Cl)=C(\CN1CCCC(NC)C1)CC(F)(F)F)C(C)=O. The molecular formula is C17H24ClF3N2O. The van der Waals surface area contributed by atoms with Crippen LogP contribution in [0.4, 0.5) is 13.2 Å². The number of alkyl halides is 3. The number of likely N-dealkylation sites (tertiary alicyclic amines) is 1. The fourth-order valence-corrected chi connectivity index (χ4v) is 2.95. The number of rotatable bonds is 7. The van der Waals surface area contributed by atoms with Crippen molar-refractivity contribution in [3.63, 3.8) is 0 Å². The molecule has 1 saturated heterocycles. The lowest BCUT2D eigenvalue weighted by Crippen LogP contribution is -2.45. The van der Waals surface area contributed by atoms with E-state index in [1.165, 1.54) is 19.1 Å². The van der Waals surface area contributed by atoms with Gasteiger partial charge in [0.15, 0.2) is 5.78 Å². The molecule has 0 saturated carbocycles. The van der Waals surface area contributed by atoms with Crippen LogP contribution in [-0.2, 0) is 4.79 Å². The van der Waals surface area contributed by atoms with Gasteiger partial charge in [-0.15, -0.1) is 0 Å². The summed E-state index contributed by atoms with van der Waals surface area (Å²) in [5, 5.41) is 3.12. The van der Waals surface area contributed by atoms with Crippen LogP contribution < -0.4 is 5.32 Å². The molecule has 1 aliphatic rings. The third kappa shape index (κ3) is 7.20. The summed E-state index contributed by atoms with van der Waals surface area (Å²) >= 11 is 6.12. The topological polar surface area (TPSA) is 32.3 Å². The zero-order valence-electron chi connectivity index (χ0n) is 14.0. The van der Waals surface area contributed by atoms with Crippen molar-refractivity contribution in [1.29, 1.82) is 0 Å². The van der Waals surface area contributed by atoms with Crippen molar-refractivity contribution < 1.29 is 18.0 Å². The first kappa shape index (κ1) is 20.9. The molecule has 0 aromatic rings. The quantitative estimate of drug-likeness (QED) is 0.550. The normalized spacial score (nSPS) is 21.4. The van der Waals surface area contributed by atoms with Crippen LogP contribution in [-0.4, -0.2) is 49.6 Å². The third-order valence-corrected chi connectivity index (χ3v) is 4.36. The number of hydrogen-bond acceptors (Lipinski definition) is 3. The van der Waals surface area contributed by atoms with Crippen LogP contribution in [0.1, 0.15) is 26.2 Å². The van der Waals surface area contributed by atoms with E-state index >= 15 is 0 Å². The second kappa shape index (κ2) is 9.39. The summed E-state index contributed by atoms with van der Waals surface area (Å²) in [6.45, 7) is 6.36. The summed E-state index contributed by atoms with van der Waals surface area (Å²) in [6, 6.07) is 0.265. The zero-order valence-corrected chi connectivity index (χ0v) is 14.8. The number of carbonyl (C=O) groups is 1. The summed E-state index contributed by atoms with van der Waals surface area (Å²) in [6.07, 6.45) is -0.948. The van der Waals surface area contributed by atoms with E-state index < -0.39 is 12.6 Å². The molecule has 1 N–H and O–H groups in total. The highest BCUT2D eigenvalue weighted by atomic mass is 35.5. The molecule has 1 atom stereocenters. The molecule has 7 heteroatoms. The van der Waals surface area contributed by atoms with Gasteiger partial charge in [-0.2, -0.15) is 13.2 Å². The maximum atomic E-state index is 12.9. The Morgan fingerprint density at radius 1 is 1.46 bits per heavy atom. The molecule has 0 aliphatic carbocycles. The van der Waals surface area contributed by atoms with Gasteiger partial charge in [0.2, 0.25) is 0 Å². The minimum absolute atomic E-state index is 0.0380. The summed E-state index contributed by atoms with van der Waals surface area (Å²) in [7, 11) is 1.85. The van der Waals surface area contributed by atoms with E-state index in [1.807, 2.05) is 11.9 Å². The lowest BCUT2D eigenvalue weighted by molar-refractivity contribution is -0.127. The Kier molecular flexibility index (Phi) is 8.19. The van der Waals surface area contributed by atoms with E-state index in [9.17, 15) is 18.0 Å². The number of Topliss-reactive ketones (excluding diaryl/α,β-unsaturated/α-hetero) is 1. The number of halogens is 4. The van der Waals surface area contributed by atoms with Crippen molar-refractivity contribution in [3.05, 3.63) is 34.9 Å². The smallest absolute Gasteiger partial charge is 0.316 e. The first-order valence-corrected chi connectivity index (χ1v) is 8.23. The maximum Gasteiger partial charge on any atom is 0.392 e. The van der Waals surface area contributed by atoms with Crippen LogP contribution in [0.3, 0.4) is 0 Å². The lowest BCUT2D eigenvalue weighted by Gasteiger charge is -2.33. The van der Waals surface area contributed by atoms with Crippen molar-refractivity contribution >= 4 is 17.4 Å². The van der Waals surface area contributed by atoms with Crippen LogP contribution in [0.5, 0.6) is 0 Å². The molecule has 0 aromatic heterocycles. The first-order chi connectivity index (χ1) is 11.2. The average Bonchev–Trinajstić information content (AvgIpc) is 2.50. The van der Waals surface area contributed by atoms with E-state index in [4.69, 9.17) is 11.6 Å². The van der Waals surface area contributed by atoms with Crippen molar-refractivity contribution in [3.8, 4) is 0 Å². The van der Waals surface area contributed by atoms with E-state index in [-0.39, 0.29) is 34.5 Å². The fraction of sp³-hybridized carbons (Fsp3) is 0.588. The number of carbonyl (C=O) groups excluding carboxylic acids is 1. The minimum Gasteiger partial charge on any atom is -0.316 e. The van der Waals surface area contributed by atoms with E-state index in [1.54, 1.807) is 0 Å². The molecule has 1 unspecified atom stereocenters. The standard InChI is InChI=1S/C17H24ClF3N2O/c1-4-13(12(2)24)8-16(18)14(9-17(19,20)21)10-23-7-5-6-15(11-23)22-3/h4,8,15,22H,1,5-7,9-11H2,2-3H3/b13-8+,16-14-. The molecule has 24 heavy (non-hydrogen) atoms. The molecule has 3 nitrogen and oxygen atoms in total. The Bertz CT molecular complexity index is 526. The van der Waals surface area contributed by atoms with Crippen LogP contribution in [0, 0.1) is 0 Å². The van der Waals surface area contributed by atoms with Gasteiger partial charge < -0.3 is 5.32 Å². The Morgan fingerprint density at radius 3 is 2.62 bits per heavy atom. The van der Waals surface area contributed by atoms with Crippen LogP contribution >= 0.6 is 11.6 Å². The second-order valence-corrected chi connectivity index (χ2v) is 6.37. The minimum atomic E-state index is -4.36. The Balaban J connectivity index is 3.04. The number of piperidine rings is 1. The van der Waals surface area contributed by atoms with Gasteiger partial charge >= 0.3 is 6.18 Å². The molecular weight excluding hydrogens is 341 g/mol. The Morgan fingerprint density at radius 2 is 2.12 bits per heavy atom.